The molecule has 0 radical (unpaired) electrons. The van der Waals surface area contributed by atoms with E-state index in [0.717, 1.165) is 11.6 Å². The Morgan fingerprint density at radius 3 is 2.76 bits per heavy atom. The van der Waals surface area contributed by atoms with Gasteiger partial charge in [-0.15, -0.1) is 10.2 Å². The van der Waals surface area contributed by atoms with Crippen LogP contribution in [0.25, 0.3) is 0 Å². The molecule has 96 valence electrons. The smallest absolute Gasteiger partial charge is 0.163 e. The molecule has 0 spiro atoms. The van der Waals surface area contributed by atoms with Crippen molar-refractivity contribution in [3.05, 3.63) is 11.6 Å². The van der Waals surface area contributed by atoms with Crippen molar-refractivity contribution in [1.29, 1.82) is 0 Å². The lowest BCUT2D eigenvalue weighted by Gasteiger charge is -2.16. The van der Waals surface area contributed by atoms with Crippen LogP contribution in [0.2, 0.25) is 0 Å². The van der Waals surface area contributed by atoms with E-state index in [2.05, 4.69) is 10.2 Å². The van der Waals surface area contributed by atoms with Gasteiger partial charge in [0.15, 0.2) is 11.6 Å². The van der Waals surface area contributed by atoms with Crippen LogP contribution in [0, 0.1) is 6.92 Å². The Hall–Kier alpha value is -0.980. The zero-order chi connectivity index (χ0) is 12.5. The summed E-state index contributed by atoms with van der Waals surface area (Å²) in [7, 11) is 1.92. The molecule has 1 fully saturated rings. The topological polar surface area (TPSA) is 58.4 Å². The standard InChI is InChI=1S/C11H19N3O3/c1-8-12-13-10(14(8)4)7-15-5-9-6-16-11(2,3)17-9/h9H,5-7H2,1-4H3. The molecule has 1 aliphatic heterocycles. The summed E-state index contributed by atoms with van der Waals surface area (Å²) in [6.07, 6.45) is -0.000625. The Kier molecular flexibility index (Phi) is 3.46. The van der Waals surface area contributed by atoms with Crippen molar-refractivity contribution < 1.29 is 14.2 Å². The summed E-state index contributed by atoms with van der Waals surface area (Å²) in [6.45, 7) is 7.24. The van der Waals surface area contributed by atoms with Gasteiger partial charge in [0.05, 0.1) is 13.2 Å². The first-order valence-corrected chi connectivity index (χ1v) is 5.72. The quantitative estimate of drug-likeness (QED) is 0.780. The molecule has 6 nitrogen and oxygen atoms in total. The predicted molar refractivity (Wildman–Crippen MR) is 60.3 cm³/mol. The zero-order valence-electron chi connectivity index (χ0n) is 10.8. The van der Waals surface area contributed by atoms with Gasteiger partial charge in [-0.05, 0) is 20.8 Å². The SMILES string of the molecule is Cc1nnc(COCC2COC(C)(C)O2)n1C. The normalized spacial score (nSPS) is 23.2. The molecule has 1 unspecified atom stereocenters. The number of nitrogens with zero attached hydrogens (tertiary/aromatic N) is 3. The van der Waals surface area contributed by atoms with Crippen LogP contribution in [0.15, 0.2) is 0 Å². The molecule has 2 rings (SSSR count). The minimum absolute atomic E-state index is 0.000625. The van der Waals surface area contributed by atoms with E-state index in [9.17, 15) is 0 Å². The van der Waals surface area contributed by atoms with E-state index in [1.165, 1.54) is 0 Å². The molecule has 17 heavy (non-hydrogen) atoms. The first-order valence-electron chi connectivity index (χ1n) is 5.72. The number of ether oxygens (including phenoxy) is 3. The second-order valence-corrected chi connectivity index (χ2v) is 4.69. The van der Waals surface area contributed by atoms with E-state index in [1.807, 2.05) is 32.4 Å². The minimum Gasteiger partial charge on any atom is -0.371 e. The van der Waals surface area contributed by atoms with Gasteiger partial charge in [0.1, 0.15) is 18.5 Å². The molecule has 1 atom stereocenters. The van der Waals surface area contributed by atoms with Crippen LogP contribution in [-0.4, -0.2) is 39.9 Å². The van der Waals surface area contributed by atoms with Gasteiger partial charge in [-0.2, -0.15) is 0 Å². The van der Waals surface area contributed by atoms with Crippen molar-refractivity contribution in [3.8, 4) is 0 Å². The summed E-state index contributed by atoms with van der Waals surface area (Å²) >= 11 is 0. The van der Waals surface area contributed by atoms with Gasteiger partial charge in [-0.1, -0.05) is 0 Å². The van der Waals surface area contributed by atoms with Crippen molar-refractivity contribution >= 4 is 0 Å². The predicted octanol–water partition coefficient (Wildman–Crippen LogP) is 0.792. The van der Waals surface area contributed by atoms with Gasteiger partial charge >= 0.3 is 0 Å². The first kappa shape index (κ1) is 12.5. The average molecular weight is 241 g/mol. The van der Waals surface area contributed by atoms with Crippen molar-refractivity contribution in [2.45, 2.75) is 39.3 Å². The van der Waals surface area contributed by atoms with Crippen LogP contribution in [0.4, 0.5) is 0 Å². The zero-order valence-corrected chi connectivity index (χ0v) is 10.8. The second kappa shape index (κ2) is 4.72. The molecule has 0 amide bonds. The van der Waals surface area contributed by atoms with Crippen LogP contribution in [0.5, 0.6) is 0 Å². The summed E-state index contributed by atoms with van der Waals surface area (Å²) in [5, 5.41) is 7.99. The molecule has 0 aliphatic carbocycles. The summed E-state index contributed by atoms with van der Waals surface area (Å²) in [5.74, 6) is 1.21. The minimum atomic E-state index is -0.491. The highest BCUT2D eigenvalue weighted by molar-refractivity contribution is 4.90. The maximum atomic E-state index is 5.63. The molecule has 0 bridgehead atoms. The van der Waals surface area contributed by atoms with E-state index in [0.29, 0.717) is 19.8 Å². The third kappa shape index (κ3) is 3.02. The summed E-state index contributed by atoms with van der Waals surface area (Å²) in [6, 6.07) is 0. The number of hydrogen-bond acceptors (Lipinski definition) is 5. The molecule has 1 aliphatic rings. The molecule has 2 heterocycles. The lowest BCUT2D eigenvalue weighted by molar-refractivity contribution is -0.145. The van der Waals surface area contributed by atoms with Crippen LogP contribution >= 0.6 is 0 Å². The molecular weight excluding hydrogens is 222 g/mol. The van der Waals surface area contributed by atoms with E-state index in [1.54, 1.807) is 0 Å². The van der Waals surface area contributed by atoms with Crippen molar-refractivity contribution in [1.82, 2.24) is 14.8 Å². The molecule has 1 aromatic heterocycles. The lowest BCUT2D eigenvalue weighted by atomic mass is 10.4. The number of hydrogen-bond donors (Lipinski definition) is 0. The van der Waals surface area contributed by atoms with Crippen molar-refractivity contribution in [2.24, 2.45) is 7.05 Å². The van der Waals surface area contributed by atoms with Gasteiger partial charge in [0.2, 0.25) is 0 Å². The Morgan fingerprint density at radius 2 is 2.24 bits per heavy atom. The van der Waals surface area contributed by atoms with Gasteiger partial charge < -0.3 is 18.8 Å². The first-order chi connectivity index (χ1) is 7.98. The van der Waals surface area contributed by atoms with Gasteiger partial charge in [0, 0.05) is 7.05 Å². The number of aromatic nitrogens is 3. The third-order valence-corrected chi connectivity index (χ3v) is 2.78. The molecule has 0 saturated carbocycles. The van der Waals surface area contributed by atoms with E-state index in [-0.39, 0.29) is 6.10 Å². The Labute approximate surface area is 101 Å². The number of aryl methyl sites for hydroxylation is 1. The van der Waals surface area contributed by atoms with E-state index >= 15 is 0 Å². The number of rotatable bonds is 4. The average Bonchev–Trinajstić information content (AvgIpc) is 2.75. The summed E-state index contributed by atoms with van der Waals surface area (Å²) < 4.78 is 18.6. The maximum absolute atomic E-state index is 5.63. The highest BCUT2D eigenvalue weighted by Crippen LogP contribution is 2.22. The Morgan fingerprint density at radius 1 is 1.47 bits per heavy atom. The van der Waals surface area contributed by atoms with Crippen molar-refractivity contribution in [3.63, 3.8) is 0 Å². The van der Waals surface area contributed by atoms with Gasteiger partial charge in [-0.3, -0.25) is 0 Å². The Bertz CT molecular complexity index is 389. The van der Waals surface area contributed by atoms with E-state index in [4.69, 9.17) is 14.2 Å². The lowest BCUT2D eigenvalue weighted by Crippen LogP contribution is -2.24. The second-order valence-electron chi connectivity index (χ2n) is 4.69. The largest absolute Gasteiger partial charge is 0.371 e. The fourth-order valence-electron chi connectivity index (χ4n) is 1.70. The van der Waals surface area contributed by atoms with Crippen LogP contribution in [0.1, 0.15) is 25.5 Å². The fourth-order valence-corrected chi connectivity index (χ4v) is 1.70. The highest BCUT2D eigenvalue weighted by atomic mass is 16.7. The molecule has 6 heteroatoms. The monoisotopic (exact) mass is 241 g/mol. The van der Waals surface area contributed by atoms with E-state index < -0.39 is 5.79 Å². The molecule has 0 N–H and O–H groups in total. The van der Waals surface area contributed by atoms with Crippen LogP contribution in [0.3, 0.4) is 0 Å². The molecular formula is C11H19N3O3. The fraction of sp³-hybridized carbons (Fsp3) is 0.818. The molecule has 1 aromatic rings. The van der Waals surface area contributed by atoms with Crippen LogP contribution < -0.4 is 0 Å². The highest BCUT2D eigenvalue weighted by Gasteiger charge is 2.32. The van der Waals surface area contributed by atoms with Gasteiger partial charge in [0.25, 0.3) is 0 Å². The summed E-state index contributed by atoms with van der Waals surface area (Å²) in [5.41, 5.74) is 0. The third-order valence-electron chi connectivity index (χ3n) is 2.78. The molecule has 0 aromatic carbocycles. The van der Waals surface area contributed by atoms with Crippen molar-refractivity contribution in [2.75, 3.05) is 13.2 Å². The van der Waals surface area contributed by atoms with Gasteiger partial charge in [-0.25, -0.2) is 0 Å². The maximum Gasteiger partial charge on any atom is 0.163 e. The summed E-state index contributed by atoms with van der Waals surface area (Å²) in [4.78, 5) is 0. The Balaban J connectivity index is 1.75. The van der Waals surface area contributed by atoms with Crippen LogP contribution in [-0.2, 0) is 27.9 Å². The molecule has 1 saturated heterocycles.